The zero-order chi connectivity index (χ0) is 53.9. The standard InChI is InChI=1S/C58H64N8O11/c67-43-26-24-38(25-27-43)30-47-53(69)65-50(37-76-34-40-16-6-2-7-17-40)57(73)66-29-13-23-51(66)56(72)64-49(36-75-33-39-14-4-1-5-15-39)55(71)63-48(31-42-32-60-45-21-11-10-20-44(42)45)54(70)61-46(52(68)62-47)22-12-28-59-58(74)77-35-41-18-8-3-9-19-41/h1-11,14-21,24-27,32,46-51,60,67H,12-13,22-23,28-31,33-37H2,(H,59,74)(H,61,70)(H,62,68)(H,63,71)(H,64,72)(H,65,69)/t46-,47-,48-,49-,50-,51+/m0/s1. The SMILES string of the molecule is O=C(NCCC[C@@H]1NC(=O)[C@H](Cc2c[nH]c3ccccc23)NC(=O)[C@H](COCc2ccccc2)NC(=O)[C@H]2CCCN2C(=O)[C@H](COCc2ccccc2)NC(=O)[C@H](Cc2ccc(O)cc2)NC1=O)OCc1ccccc1. The normalized spacial score (nSPS) is 20.6. The Morgan fingerprint density at radius 1 is 0.558 bits per heavy atom. The van der Waals surface area contributed by atoms with E-state index in [0.29, 0.717) is 17.5 Å². The molecule has 8 rings (SSSR count). The van der Waals surface area contributed by atoms with Crippen molar-refractivity contribution in [2.75, 3.05) is 26.3 Å². The molecule has 6 atom stereocenters. The summed E-state index contributed by atoms with van der Waals surface area (Å²) in [6.45, 7) is -0.285. The van der Waals surface area contributed by atoms with Crippen LogP contribution in [0.3, 0.4) is 0 Å². The van der Waals surface area contributed by atoms with Crippen molar-refractivity contribution in [3.05, 3.63) is 174 Å². The molecule has 2 saturated heterocycles. The van der Waals surface area contributed by atoms with Crippen molar-refractivity contribution in [3.8, 4) is 5.75 Å². The van der Waals surface area contributed by atoms with E-state index in [0.717, 1.165) is 27.6 Å². The average Bonchev–Trinajstić information content (AvgIpc) is 4.11. The molecular formula is C58H64N8O11. The van der Waals surface area contributed by atoms with Crippen LogP contribution in [0.2, 0.25) is 0 Å². The summed E-state index contributed by atoms with van der Waals surface area (Å²) >= 11 is 0. The summed E-state index contributed by atoms with van der Waals surface area (Å²) in [4.78, 5) is 106. The number of carbonyl (C=O) groups is 7. The van der Waals surface area contributed by atoms with Gasteiger partial charge in [-0.3, -0.25) is 28.8 Å². The van der Waals surface area contributed by atoms with E-state index in [-0.39, 0.29) is 84.0 Å². The number of para-hydroxylation sites is 1. The zero-order valence-electron chi connectivity index (χ0n) is 42.5. The lowest BCUT2D eigenvalue weighted by atomic mass is 10.0. The molecule has 0 spiro atoms. The predicted molar refractivity (Wildman–Crippen MR) is 284 cm³/mol. The van der Waals surface area contributed by atoms with Gasteiger partial charge in [-0.25, -0.2) is 4.79 Å². The molecule has 2 aliphatic rings. The van der Waals surface area contributed by atoms with Crippen molar-refractivity contribution >= 4 is 52.4 Å². The fourth-order valence-electron chi connectivity index (χ4n) is 9.30. The van der Waals surface area contributed by atoms with Crippen LogP contribution in [0, 0.1) is 0 Å². The van der Waals surface area contributed by atoms with Crippen LogP contribution in [0.5, 0.6) is 5.75 Å². The third kappa shape index (κ3) is 15.7. The summed E-state index contributed by atoms with van der Waals surface area (Å²) in [7, 11) is 0. The molecule has 5 aromatic carbocycles. The Labute approximate surface area is 445 Å². The second kappa shape index (κ2) is 27.3. The first kappa shape index (κ1) is 54.7. The van der Waals surface area contributed by atoms with E-state index in [1.807, 2.05) is 115 Å². The Kier molecular flexibility index (Phi) is 19.4. The van der Waals surface area contributed by atoms with Crippen molar-refractivity contribution < 1.29 is 52.9 Å². The van der Waals surface area contributed by atoms with Gasteiger partial charge >= 0.3 is 6.09 Å². The second-order valence-electron chi connectivity index (χ2n) is 19.1. The van der Waals surface area contributed by atoms with E-state index >= 15 is 0 Å². The van der Waals surface area contributed by atoms with Crippen LogP contribution in [0.15, 0.2) is 146 Å². The number of fused-ring (bicyclic) bond motifs is 2. The minimum atomic E-state index is -1.38. The number of rotatable bonds is 18. The highest BCUT2D eigenvalue weighted by atomic mass is 16.5. The number of hydrogen-bond acceptors (Lipinski definition) is 11. The number of nitrogens with one attached hydrogen (secondary N) is 7. The number of carbonyl (C=O) groups excluding carboxylic acids is 7. The molecule has 77 heavy (non-hydrogen) atoms. The molecule has 1 aromatic heterocycles. The second-order valence-corrected chi connectivity index (χ2v) is 19.1. The van der Waals surface area contributed by atoms with Crippen molar-refractivity contribution in [1.82, 2.24) is 41.8 Å². The number of aromatic hydroxyl groups is 1. The maximum atomic E-state index is 14.9. The number of alkyl carbamates (subject to hydrolysis) is 1. The van der Waals surface area contributed by atoms with Gasteiger partial charge in [0.05, 0.1) is 26.4 Å². The zero-order valence-corrected chi connectivity index (χ0v) is 42.5. The minimum absolute atomic E-state index is 0.0226. The number of hydrogen-bond donors (Lipinski definition) is 8. The molecule has 2 fully saturated rings. The number of amides is 7. The third-order valence-electron chi connectivity index (χ3n) is 13.4. The Morgan fingerprint density at radius 3 is 1.73 bits per heavy atom. The summed E-state index contributed by atoms with van der Waals surface area (Å²) in [5.74, 6) is -4.40. The first-order chi connectivity index (χ1) is 37.5. The summed E-state index contributed by atoms with van der Waals surface area (Å²) in [5, 5.41) is 27.7. The highest BCUT2D eigenvalue weighted by molar-refractivity contribution is 5.99. The third-order valence-corrected chi connectivity index (χ3v) is 13.4. The molecule has 2 aliphatic heterocycles. The van der Waals surface area contributed by atoms with Gasteiger partial charge in [0, 0.05) is 43.0 Å². The van der Waals surface area contributed by atoms with Crippen molar-refractivity contribution in [2.24, 2.45) is 0 Å². The molecule has 3 heterocycles. The Morgan fingerprint density at radius 2 is 1.08 bits per heavy atom. The average molecular weight is 1050 g/mol. The van der Waals surface area contributed by atoms with Crippen LogP contribution in [-0.2, 0) is 75.6 Å². The van der Waals surface area contributed by atoms with E-state index in [2.05, 4.69) is 36.9 Å². The predicted octanol–water partition coefficient (Wildman–Crippen LogP) is 4.23. The van der Waals surface area contributed by atoms with E-state index in [4.69, 9.17) is 14.2 Å². The van der Waals surface area contributed by atoms with Gasteiger partial charge in [0.1, 0.15) is 48.6 Å². The molecular weight excluding hydrogens is 985 g/mol. The highest BCUT2D eigenvalue weighted by Gasteiger charge is 2.41. The van der Waals surface area contributed by atoms with Gasteiger partial charge < -0.3 is 61.1 Å². The minimum Gasteiger partial charge on any atom is -0.508 e. The van der Waals surface area contributed by atoms with E-state index in [1.165, 1.54) is 17.0 Å². The maximum absolute atomic E-state index is 14.9. The van der Waals surface area contributed by atoms with E-state index < -0.39 is 77.8 Å². The van der Waals surface area contributed by atoms with Gasteiger partial charge in [0.2, 0.25) is 35.4 Å². The first-order valence-electron chi connectivity index (χ1n) is 25.8. The largest absolute Gasteiger partial charge is 0.508 e. The van der Waals surface area contributed by atoms with Gasteiger partial charge in [-0.2, -0.15) is 0 Å². The fraction of sp³-hybridized carbons (Fsp3) is 0.328. The number of aromatic amines is 1. The lowest BCUT2D eigenvalue weighted by Gasteiger charge is -2.31. The van der Waals surface area contributed by atoms with Gasteiger partial charge in [-0.15, -0.1) is 0 Å². The van der Waals surface area contributed by atoms with E-state index in [1.54, 1.807) is 18.3 Å². The molecule has 0 saturated carbocycles. The smallest absolute Gasteiger partial charge is 0.407 e. The van der Waals surface area contributed by atoms with E-state index in [9.17, 15) is 38.7 Å². The number of H-pyrrole nitrogens is 1. The Balaban J connectivity index is 1.12. The molecule has 8 N–H and O–H groups in total. The molecule has 19 heteroatoms. The summed E-state index contributed by atoms with van der Waals surface area (Å²) in [6.07, 6.45) is 1.55. The lowest BCUT2D eigenvalue weighted by molar-refractivity contribution is -0.144. The molecule has 402 valence electrons. The van der Waals surface area contributed by atoms with Crippen molar-refractivity contribution in [2.45, 2.75) is 94.6 Å². The van der Waals surface area contributed by atoms with Crippen molar-refractivity contribution in [1.29, 1.82) is 0 Å². The molecule has 7 amide bonds. The topological polar surface area (TPSA) is 259 Å². The van der Waals surface area contributed by atoms with Gasteiger partial charge in [-0.1, -0.05) is 121 Å². The van der Waals surface area contributed by atoms with Crippen LogP contribution in [-0.4, -0.2) is 119 Å². The number of aromatic nitrogens is 1. The Hall–Kier alpha value is -8.55. The maximum Gasteiger partial charge on any atom is 0.407 e. The number of ether oxygens (including phenoxy) is 3. The molecule has 0 bridgehead atoms. The van der Waals surface area contributed by atoms with Gasteiger partial charge in [0.25, 0.3) is 0 Å². The summed E-state index contributed by atoms with van der Waals surface area (Å²) in [5.41, 5.74) is 4.36. The first-order valence-corrected chi connectivity index (χ1v) is 25.8. The lowest BCUT2D eigenvalue weighted by Crippen LogP contribution is -2.62. The molecule has 0 aliphatic carbocycles. The Bertz CT molecular complexity index is 2940. The number of nitrogens with zero attached hydrogens (tertiary/aromatic N) is 1. The van der Waals surface area contributed by atoms with Crippen LogP contribution in [0.1, 0.15) is 53.5 Å². The highest BCUT2D eigenvalue weighted by Crippen LogP contribution is 2.22. The van der Waals surface area contributed by atoms with Crippen LogP contribution >= 0.6 is 0 Å². The fourth-order valence-corrected chi connectivity index (χ4v) is 9.30. The monoisotopic (exact) mass is 1050 g/mol. The summed E-state index contributed by atoms with van der Waals surface area (Å²) in [6, 6.07) is 33.1. The van der Waals surface area contributed by atoms with Crippen LogP contribution in [0.4, 0.5) is 4.79 Å². The van der Waals surface area contributed by atoms with Crippen LogP contribution < -0.4 is 31.9 Å². The summed E-state index contributed by atoms with van der Waals surface area (Å²) < 4.78 is 17.5. The van der Waals surface area contributed by atoms with Crippen molar-refractivity contribution in [3.63, 3.8) is 0 Å². The van der Waals surface area contributed by atoms with Gasteiger partial charge in [-0.05, 0) is 71.7 Å². The molecule has 19 nitrogen and oxygen atoms in total. The van der Waals surface area contributed by atoms with Gasteiger partial charge in [0.15, 0.2) is 0 Å². The molecule has 0 unspecified atom stereocenters. The number of phenols is 1. The quantitative estimate of drug-likeness (QED) is 0.0566. The number of benzene rings is 5. The number of phenolic OH excluding ortho intramolecular Hbond substituents is 1. The molecule has 0 radical (unpaired) electrons. The molecule has 6 aromatic rings. The van der Waals surface area contributed by atoms with Crippen LogP contribution in [0.25, 0.3) is 10.9 Å².